The van der Waals surface area contributed by atoms with E-state index in [4.69, 9.17) is 5.11 Å². The molecule has 0 spiro atoms. The molecular weight excluding hydrogens is 448 g/mol. The number of aliphatic carboxylic acids is 2. The van der Waals surface area contributed by atoms with E-state index in [-0.39, 0.29) is 0 Å². The van der Waals surface area contributed by atoms with E-state index in [1.165, 1.54) is 51.4 Å². The van der Waals surface area contributed by atoms with Crippen LogP contribution in [0, 0.1) is 5.41 Å². The van der Waals surface area contributed by atoms with Gasteiger partial charge in [0.15, 0.2) is 0 Å². The fourth-order valence-electron chi connectivity index (χ4n) is 5.15. The lowest BCUT2D eigenvalue weighted by atomic mass is 9.73. The van der Waals surface area contributed by atoms with Gasteiger partial charge in [0.25, 0.3) is 0 Å². The van der Waals surface area contributed by atoms with Gasteiger partial charge >= 0.3 is 11.9 Å². The molecule has 0 amide bonds. The summed E-state index contributed by atoms with van der Waals surface area (Å²) in [5.41, 5.74) is 1.42. The molecule has 0 unspecified atom stereocenters. The number of carboxylic acids is 2. The highest BCUT2D eigenvalue weighted by atomic mass is 16.4. The number of carboxylic acid groups (broad SMARTS) is 2. The average Bonchev–Trinajstić information content (AvgIpc) is 2.87. The number of rotatable bonds is 21. The maximum Gasteiger partial charge on any atom is 0.310 e. The first kappa shape index (κ1) is 29.6. The van der Waals surface area contributed by atoms with Gasteiger partial charge < -0.3 is 10.2 Å². The van der Waals surface area contributed by atoms with Gasteiger partial charge in [0, 0.05) is 6.42 Å². The van der Waals surface area contributed by atoms with Crippen LogP contribution in [-0.4, -0.2) is 22.2 Å². The zero-order valence-electron chi connectivity index (χ0n) is 22.0. The summed E-state index contributed by atoms with van der Waals surface area (Å²) < 4.78 is 0. The highest BCUT2D eigenvalue weighted by molar-refractivity contribution is 5.75. The van der Waals surface area contributed by atoms with Gasteiger partial charge in [0.2, 0.25) is 0 Å². The molecule has 0 saturated heterocycles. The molecule has 198 valence electrons. The van der Waals surface area contributed by atoms with Gasteiger partial charge in [-0.05, 0) is 36.8 Å². The molecule has 4 nitrogen and oxygen atoms in total. The molecular formula is C32H46O4. The highest BCUT2D eigenvalue weighted by Crippen LogP contribution is 2.34. The molecule has 0 aliphatic carbocycles. The van der Waals surface area contributed by atoms with E-state index in [1.54, 1.807) is 0 Å². The fraction of sp³-hybridized carbons (Fsp3) is 0.562. The van der Waals surface area contributed by atoms with Crippen LogP contribution in [0.25, 0.3) is 0 Å². The summed E-state index contributed by atoms with van der Waals surface area (Å²) in [5.74, 6) is -1.37. The number of carbonyl (C=O) groups is 2. The molecule has 4 heteroatoms. The van der Waals surface area contributed by atoms with Gasteiger partial charge in [-0.1, -0.05) is 138 Å². The molecule has 0 aliphatic rings. The topological polar surface area (TPSA) is 74.6 Å². The third kappa shape index (κ3) is 12.4. The van der Waals surface area contributed by atoms with Gasteiger partial charge in [-0.15, -0.1) is 0 Å². The Kier molecular flexibility index (Phi) is 14.6. The van der Waals surface area contributed by atoms with E-state index in [0.717, 1.165) is 43.2 Å². The minimum absolute atomic E-state index is 0.303. The van der Waals surface area contributed by atoms with E-state index in [2.05, 4.69) is 0 Å². The van der Waals surface area contributed by atoms with Gasteiger partial charge in [0.05, 0.1) is 5.41 Å². The third-order valence-corrected chi connectivity index (χ3v) is 7.27. The molecule has 0 atom stereocenters. The number of unbranched alkanes of at least 4 members (excludes halogenated alkanes) is 12. The van der Waals surface area contributed by atoms with Crippen molar-refractivity contribution in [1.29, 1.82) is 0 Å². The maximum absolute atomic E-state index is 12.6. The van der Waals surface area contributed by atoms with Gasteiger partial charge in [-0.3, -0.25) is 9.59 Å². The zero-order chi connectivity index (χ0) is 25.9. The Morgan fingerprint density at radius 2 is 0.889 bits per heavy atom. The van der Waals surface area contributed by atoms with Crippen molar-refractivity contribution < 1.29 is 19.8 Å². The molecule has 0 heterocycles. The molecule has 2 rings (SSSR count). The predicted octanol–water partition coefficient (Wildman–Crippen LogP) is 8.48. The van der Waals surface area contributed by atoms with Crippen LogP contribution in [0.4, 0.5) is 0 Å². The highest BCUT2D eigenvalue weighted by Gasteiger charge is 2.38. The van der Waals surface area contributed by atoms with Crippen LogP contribution in [0.2, 0.25) is 0 Å². The lowest BCUT2D eigenvalue weighted by Gasteiger charge is -2.30. The number of benzene rings is 2. The summed E-state index contributed by atoms with van der Waals surface area (Å²) in [4.78, 5) is 23.1. The first-order valence-corrected chi connectivity index (χ1v) is 14.0. The average molecular weight is 495 g/mol. The normalized spacial score (nSPS) is 11.4. The molecule has 0 fully saturated rings. The molecule has 0 aromatic heterocycles. The molecule has 2 aromatic carbocycles. The van der Waals surface area contributed by atoms with E-state index in [0.29, 0.717) is 25.7 Å². The van der Waals surface area contributed by atoms with Gasteiger partial charge in [-0.25, -0.2) is 0 Å². The Bertz CT molecular complexity index is 805. The number of hydrogen-bond donors (Lipinski definition) is 2. The monoisotopic (exact) mass is 494 g/mol. The van der Waals surface area contributed by atoms with Crippen molar-refractivity contribution in [2.24, 2.45) is 5.41 Å². The van der Waals surface area contributed by atoms with Gasteiger partial charge in [-0.2, -0.15) is 0 Å². The van der Waals surface area contributed by atoms with E-state index < -0.39 is 17.4 Å². The molecule has 2 aromatic rings. The Morgan fingerprint density at radius 1 is 0.528 bits per heavy atom. The first-order chi connectivity index (χ1) is 17.5. The van der Waals surface area contributed by atoms with Crippen molar-refractivity contribution in [3.8, 4) is 0 Å². The second-order valence-electron chi connectivity index (χ2n) is 10.4. The van der Waals surface area contributed by atoms with Crippen molar-refractivity contribution >= 4 is 11.9 Å². The summed E-state index contributed by atoms with van der Waals surface area (Å²) in [6, 6.07) is 20.1. The third-order valence-electron chi connectivity index (χ3n) is 7.27. The van der Waals surface area contributed by atoms with Crippen molar-refractivity contribution in [2.45, 2.75) is 109 Å². The van der Waals surface area contributed by atoms with Crippen LogP contribution in [0.15, 0.2) is 60.7 Å². The van der Waals surface area contributed by atoms with E-state index >= 15 is 0 Å². The largest absolute Gasteiger partial charge is 0.481 e. The molecule has 0 aliphatic heterocycles. The summed E-state index contributed by atoms with van der Waals surface area (Å²) in [7, 11) is 0. The van der Waals surface area contributed by atoms with Crippen LogP contribution in [0.3, 0.4) is 0 Å². The van der Waals surface area contributed by atoms with Crippen LogP contribution in [-0.2, 0) is 22.4 Å². The van der Waals surface area contributed by atoms with E-state index in [1.807, 2.05) is 60.7 Å². The quantitative estimate of drug-likeness (QED) is 0.171. The summed E-state index contributed by atoms with van der Waals surface area (Å²) in [5, 5.41) is 19.0. The standard InChI is InChI=1S/C32H46O4/c33-30(34)24-18-10-8-6-4-2-1-3-5-7-9-11-19-25-32(31(35)36,26-28-20-14-12-15-21-28)27-29-22-16-13-17-23-29/h12-17,20-23H,1-11,18-19,24-27H2,(H,33,34)(H,35,36). The zero-order valence-corrected chi connectivity index (χ0v) is 22.0. The maximum atomic E-state index is 12.6. The Labute approximate surface area is 218 Å². The van der Waals surface area contributed by atoms with Crippen molar-refractivity contribution in [3.05, 3.63) is 71.8 Å². The van der Waals surface area contributed by atoms with Crippen LogP contribution >= 0.6 is 0 Å². The molecule has 0 saturated carbocycles. The van der Waals surface area contributed by atoms with Gasteiger partial charge in [0.1, 0.15) is 0 Å². The second-order valence-corrected chi connectivity index (χ2v) is 10.4. The Balaban J connectivity index is 1.65. The van der Waals surface area contributed by atoms with E-state index in [9.17, 15) is 14.7 Å². The Morgan fingerprint density at radius 3 is 1.25 bits per heavy atom. The minimum atomic E-state index is -0.768. The first-order valence-electron chi connectivity index (χ1n) is 14.0. The number of hydrogen-bond acceptors (Lipinski definition) is 2. The molecule has 36 heavy (non-hydrogen) atoms. The summed E-state index contributed by atoms with van der Waals surface area (Å²) >= 11 is 0. The summed E-state index contributed by atoms with van der Waals surface area (Å²) in [6.45, 7) is 0. The van der Waals surface area contributed by atoms with Crippen molar-refractivity contribution in [2.75, 3.05) is 0 Å². The predicted molar refractivity (Wildman–Crippen MR) is 147 cm³/mol. The summed E-state index contributed by atoms with van der Waals surface area (Å²) in [6.07, 6.45) is 17.2. The molecule has 2 N–H and O–H groups in total. The molecule has 0 bridgehead atoms. The van der Waals surface area contributed by atoms with Crippen LogP contribution in [0.1, 0.15) is 107 Å². The lowest BCUT2D eigenvalue weighted by Crippen LogP contribution is -2.36. The molecule has 0 radical (unpaired) electrons. The SMILES string of the molecule is O=C(O)CCCCCCCCCCCCCCCC(Cc1ccccc1)(Cc1ccccc1)C(=O)O. The fourth-order valence-corrected chi connectivity index (χ4v) is 5.15. The van der Waals surface area contributed by atoms with Crippen LogP contribution < -0.4 is 0 Å². The van der Waals surface area contributed by atoms with Crippen LogP contribution in [0.5, 0.6) is 0 Å². The van der Waals surface area contributed by atoms with Crippen molar-refractivity contribution in [1.82, 2.24) is 0 Å². The Hall–Kier alpha value is -2.62. The van der Waals surface area contributed by atoms with Crippen molar-refractivity contribution in [3.63, 3.8) is 0 Å². The minimum Gasteiger partial charge on any atom is -0.481 e. The smallest absolute Gasteiger partial charge is 0.310 e. The second kappa shape index (κ2) is 17.8. The lowest BCUT2D eigenvalue weighted by molar-refractivity contribution is -0.149.